The summed E-state index contributed by atoms with van der Waals surface area (Å²) in [4.78, 5) is 11.1. The Labute approximate surface area is 144 Å². The van der Waals surface area contributed by atoms with Gasteiger partial charge in [-0.25, -0.2) is 4.98 Å². The van der Waals surface area contributed by atoms with Crippen molar-refractivity contribution in [1.29, 1.82) is 0 Å². The van der Waals surface area contributed by atoms with Gasteiger partial charge in [0.15, 0.2) is 5.96 Å². The van der Waals surface area contributed by atoms with Gasteiger partial charge < -0.3 is 20.3 Å². The highest BCUT2D eigenvalue weighted by Crippen LogP contribution is 2.17. The van der Waals surface area contributed by atoms with Gasteiger partial charge in [0.1, 0.15) is 5.01 Å². The molecule has 6 nitrogen and oxygen atoms in total. The first-order valence-corrected chi connectivity index (χ1v) is 9.01. The van der Waals surface area contributed by atoms with Gasteiger partial charge in [-0.3, -0.25) is 4.99 Å². The molecule has 7 heteroatoms. The number of aliphatic imine (C=N–C) groups is 1. The number of guanidine groups is 1. The van der Waals surface area contributed by atoms with Crippen LogP contribution in [0.5, 0.6) is 0 Å². The third kappa shape index (κ3) is 8.29. The van der Waals surface area contributed by atoms with Crippen LogP contribution in [-0.4, -0.2) is 63.3 Å². The molecule has 0 saturated heterocycles. The number of nitrogens with zero attached hydrogens (tertiary/aromatic N) is 3. The first kappa shape index (κ1) is 19.9. The van der Waals surface area contributed by atoms with Crippen molar-refractivity contribution in [2.24, 2.45) is 4.99 Å². The topological polar surface area (TPSA) is 61.8 Å². The molecule has 0 unspecified atom stereocenters. The zero-order valence-corrected chi connectivity index (χ0v) is 15.9. The number of thiazole rings is 1. The highest BCUT2D eigenvalue weighted by molar-refractivity contribution is 7.09. The summed E-state index contributed by atoms with van der Waals surface area (Å²) >= 11 is 1.70. The second kappa shape index (κ2) is 11.4. The number of aromatic nitrogens is 1. The molecule has 0 atom stereocenters. The number of likely N-dealkylation sites (N-methyl/N-ethyl adjacent to an activating group) is 1. The Bertz CT molecular complexity index is 461. The van der Waals surface area contributed by atoms with E-state index in [1.165, 1.54) is 0 Å². The second-order valence-corrected chi connectivity index (χ2v) is 6.77. The third-order valence-electron chi connectivity index (χ3n) is 3.48. The fourth-order valence-corrected chi connectivity index (χ4v) is 2.86. The summed E-state index contributed by atoms with van der Waals surface area (Å²) < 4.78 is 5.07. The Hall–Kier alpha value is -1.18. The van der Waals surface area contributed by atoms with Crippen molar-refractivity contribution in [3.8, 4) is 0 Å². The lowest BCUT2D eigenvalue weighted by Gasteiger charge is -2.16. The zero-order valence-electron chi connectivity index (χ0n) is 15.1. The van der Waals surface area contributed by atoms with Crippen molar-refractivity contribution in [2.75, 3.05) is 47.4 Å². The largest absolute Gasteiger partial charge is 0.383 e. The third-order valence-corrected chi connectivity index (χ3v) is 4.34. The maximum atomic E-state index is 5.07. The monoisotopic (exact) mass is 341 g/mol. The zero-order chi connectivity index (χ0) is 17.1. The van der Waals surface area contributed by atoms with Crippen LogP contribution in [0.1, 0.15) is 36.9 Å². The summed E-state index contributed by atoms with van der Waals surface area (Å²) in [6.07, 6.45) is 1.07. The summed E-state index contributed by atoms with van der Waals surface area (Å²) in [7, 11) is 5.64. The van der Waals surface area contributed by atoms with Gasteiger partial charge in [0.05, 0.1) is 18.8 Å². The van der Waals surface area contributed by atoms with E-state index in [1.807, 2.05) is 0 Å². The molecule has 0 aliphatic heterocycles. The Morgan fingerprint density at radius 2 is 2.17 bits per heavy atom. The molecule has 0 aromatic carbocycles. The molecule has 0 bridgehead atoms. The molecule has 0 amide bonds. The number of ether oxygens (including phenoxy) is 1. The van der Waals surface area contributed by atoms with E-state index in [0.717, 1.165) is 49.3 Å². The molecular weight excluding hydrogens is 310 g/mol. The van der Waals surface area contributed by atoms with Crippen molar-refractivity contribution >= 4 is 17.3 Å². The van der Waals surface area contributed by atoms with E-state index >= 15 is 0 Å². The Morgan fingerprint density at radius 3 is 2.78 bits per heavy atom. The number of nitrogens with one attached hydrogen (secondary N) is 2. The molecule has 0 spiro atoms. The van der Waals surface area contributed by atoms with Gasteiger partial charge in [0, 0.05) is 32.6 Å². The highest BCUT2D eigenvalue weighted by Gasteiger charge is 2.06. The number of hydrogen-bond acceptors (Lipinski definition) is 5. The lowest BCUT2D eigenvalue weighted by Crippen LogP contribution is -2.38. The van der Waals surface area contributed by atoms with Crippen molar-refractivity contribution in [3.05, 3.63) is 16.1 Å². The minimum absolute atomic E-state index is 0.479. The summed E-state index contributed by atoms with van der Waals surface area (Å²) in [5.41, 5.74) is 1.16. The molecule has 0 aliphatic rings. The molecule has 1 aromatic rings. The molecule has 0 radical (unpaired) electrons. The standard InChI is InChI=1S/C16H31N5OS/c1-13(2)14-12-23-15(20-14)11-19-16(17-3)18-7-6-8-21(4)9-10-22-5/h12-13H,6-11H2,1-5H3,(H2,17,18,19). The van der Waals surface area contributed by atoms with E-state index in [9.17, 15) is 0 Å². The van der Waals surface area contributed by atoms with Gasteiger partial charge in [-0.05, 0) is 25.9 Å². The van der Waals surface area contributed by atoms with Crippen molar-refractivity contribution in [2.45, 2.75) is 32.7 Å². The maximum absolute atomic E-state index is 5.07. The van der Waals surface area contributed by atoms with Crippen LogP contribution in [0.3, 0.4) is 0 Å². The summed E-state index contributed by atoms with van der Waals surface area (Å²) in [6.45, 7) is 8.71. The van der Waals surface area contributed by atoms with E-state index in [4.69, 9.17) is 4.74 Å². The van der Waals surface area contributed by atoms with Gasteiger partial charge in [0.25, 0.3) is 0 Å². The van der Waals surface area contributed by atoms with Gasteiger partial charge in [-0.15, -0.1) is 11.3 Å². The number of methoxy groups -OCH3 is 1. The minimum atomic E-state index is 0.479. The molecule has 132 valence electrons. The summed E-state index contributed by atoms with van der Waals surface area (Å²) in [5.74, 6) is 1.30. The first-order valence-electron chi connectivity index (χ1n) is 8.13. The molecule has 1 aromatic heterocycles. The van der Waals surface area contributed by atoms with Crippen LogP contribution >= 0.6 is 11.3 Å². The smallest absolute Gasteiger partial charge is 0.191 e. The van der Waals surface area contributed by atoms with Gasteiger partial charge in [0.2, 0.25) is 0 Å². The maximum Gasteiger partial charge on any atom is 0.191 e. The lowest BCUT2D eigenvalue weighted by atomic mass is 10.2. The van der Waals surface area contributed by atoms with Crippen molar-refractivity contribution < 1.29 is 4.74 Å². The van der Waals surface area contributed by atoms with Gasteiger partial charge >= 0.3 is 0 Å². The molecule has 1 rings (SSSR count). The molecule has 1 heterocycles. The molecule has 23 heavy (non-hydrogen) atoms. The average Bonchev–Trinajstić information content (AvgIpc) is 3.01. The molecular formula is C16H31N5OS. The van der Waals surface area contributed by atoms with Crippen LogP contribution in [0.2, 0.25) is 0 Å². The summed E-state index contributed by atoms with van der Waals surface area (Å²) in [5, 5.41) is 9.88. The predicted octanol–water partition coefficient (Wildman–Crippen LogP) is 1.90. The fourth-order valence-electron chi connectivity index (χ4n) is 1.97. The van der Waals surface area contributed by atoms with Crippen LogP contribution in [0, 0.1) is 0 Å². The summed E-state index contributed by atoms with van der Waals surface area (Å²) in [6, 6.07) is 0. The molecule has 0 aliphatic carbocycles. The lowest BCUT2D eigenvalue weighted by molar-refractivity contribution is 0.161. The molecule has 0 fully saturated rings. The van der Waals surface area contributed by atoms with Crippen LogP contribution in [0.25, 0.3) is 0 Å². The van der Waals surface area contributed by atoms with E-state index in [2.05, 4.69) is 51.8 Å². The molecule has 2 N–H and O–H groups in total. The molecule has 0 saturated carbocycles. The normalized spacial score (nSPS) is 12.2. The quantitative estimate of drug-likeness (QED) is 0.387. The predicted molar refractivity (Wildman–Crippen MR) is 98.4 cm³/mol. The van der Waals surface area contributed by atoms with Gasteiger partial charge in [-0.2, -0.15) is 0 Å². The Morgan fingerprint density at radius 1 is 1.39 bits per heavy atom. The van der Waals surface area contributed by atoms with Crippen LogP contribution in [0.15, 0.2) is 10.4 Å². The van der Waals surface area contributed by atoms with Crippen LogP contribution < -0.4 is 10.6 Å². The SMILES string of the molecule is CN=C(NCCCN(C)CCOC)NCc1nc(C(C)C)cs1. The minimum Gasteiger partial charge on any atom is -0.383 e. The van der Waals surface area contributed by atoms with Gasteiger partial charge in [-0.1, -0.05) is 13.8 Å². The first-order chi connectivity index (χ1) is 11.1. The van der Waals surface area contributed by atoms with E-state index in [0.29, 0.717) is 12.5 Å². The highest BCUT2D eigenvalue weighted by atomic mass is 32.1. The van der Waals surface area contributed by atoms with Crippen molar-refractivity contribution in [3.63, 3.8) is 0 Å². The Kier molecular flexibility index (Phi) is 9.82. The van der Waals surface area contributed by atoms with E-state index < -0.39 is 0 Å². The van der Waals surface area contributed by atoms with Crippen LogP contribution in [-0.2, 0) is 11.3 Å². The van der Waals surface area contributed by atoms with Crippen LogP contribution in [0.4, 0.5) is 0 Å². The average molecular weight is 342 g/mol. The van der Waals surface area contributed by atoms with E-state index in [1.54, 1.807) is 25.5 Å². The fraction of sp³-hybridized carbons (Fsp3) is 0.750. The Balaban J connectivity index is 2.21. The second-order valence-electron chi connectivity index (χ2n) is 5.82. The van der Waals surface area contributed by atoms with E-state index in [-0.39, 0.29) is 0 Å². The number of rotatable bonds is 10. The van der Waals surface area contributed by atoms with Crippen molar-refractivity contribution in [1.82, 2.24) is 20.5 Å². The number of hydrogen-bond donors (Lipinski definition) is 2.